The molecule has 1 unspecified atom stereocenters. The van der Waals surface area contributed by atoms with E-state index in [0.29, 0.717) is 16.6 Å². The van der Waals surface area contributed by atoms with Gasteiger partial charge < -0.3 is 10.2 Å². The zero-order chi connectivity index (χ0) is 12.1. The summed E-state index contributed by atoms with van der Waals surface area (Å²) < 4.78 is 0. The highest BCUT2D eigenvalue weighted by Gasteiger charge is 2.05. The summed E-state index contributed by atoms with van der Waals surface area (Å²) in [5.74, 6) is 0. The van der Waals surface area contributed by atoms with Crippen LogP contribution in [0.3, 0.4) is 0 Å². The normalized spacial score (nSPS) is 12.2. The van der Waals surface area contributed by atoms with Crippen LogP contribution in [0.5, 0.6) is 0 Å². The molecule has 0 aliphatic carbocycles. The van der Waals surface area contributed by atoms with E-state index >= 15 is 0 Å². The van der Waals surface area contributed by atoms with Crippen molar-refractivity contribution >= 4 is 17.3 Å². The first-order valence-electron chi connectivity index (χ1n) is 5.14. The first kappa shape index (κ1) is 12.8. The van der Waals surface area contributed by atoms with Gasteiger partial charge in [-0.15, -0.1) is 0 Å². The van der Waals surface area contributed by atoms with E-state index in [0.717, 1.165) is 12.2 Å². The minimum atomic E-state index is 0.439. The summed E-state index contributed by atoms with van der Waals surface area (Å²) in [5.41, 5.74) is 1.45. The average Bonchev–Trinajstić information content (AvgIpc) is 2.25. The molecule has 0 aliphatic rings. The first-order valence-corrected chi connectivity index (χ1v) is 5.52. The predicted molar refractivity (Wildman–Crippen MR) is 67.8 cm³/mol. The molecule has 1 aromatic carbocycles. The molecule has 3 nitrogen and oxygen atoms in total. The highest BCUT2D eigenvalue weighted by molar-refractivity contribution is 6.32. The Bertz CT molecular complexity index is 396. The second kappa shape index (κ2) is 5.74. The van der Waals surface area contributed by atoms with Crippen molar-refractivity contribution < 1.29 is 0 Å². The lowest BCUT2D eigenvalue weighted by molar-refractivity contribution is 0.326. The van der Waals surface area contributed by atoms with Crippen molar-refractivity contribution in [2.24, 2.45) is 0 Å². The van der Waals surface area contributed by atoms with Crippen molar-refractivity contribution in [3.8, 4) is 6.07 Å². The summed E-state index contributed by atoms with van der Waals surface area (Å²) in [6.07, 6.45) is 0. The molecule has 0 saturated heterocycles. The molecular formula is C12H16ClN3. The molecule has 1 rings (SSSR count). The molecule has 0 fully saturated rings. The van der Waals surface area contributed by atoms with E-state index in [1.54, 1.807) is 12.1 Å². The van der Waals surface area contributed by atoms with Crippen LogP contribution in [-0.4, -0.2) is 31.6 Å². The van der Waals surface area contributed by atoms with Gasteiger partial charge in [0.05, 0.1) is 10.6 Å². The minimum absolute atomic E-state index is 0.439. The van der Waals surface area contributed by atoms with Crippen molar-refractivity contribution in [3.63, 3.8) is 0 Å². The van der Waals surface area contributed by atoms with Crippen LogP contribution in [0.2, 0.25) is 5.02 Å². The molecule has 16 heavy (non-hydrogen) atoms. The number of anilines is 1. The molecule has 1 N–H and O–H groups in total. The lowest BCUT2D eigenvalue weighted by Gasteiger charge is -2.20. The molecule has 4 heteroatoms. The Morgan fingerprint density at radius 3 is 2.69 bits per heavy atom. The van der Waals surface area contributed by atoms with E-state index < -0.39 is 0 Å². The van der Waals surface area contributed by atoms with Crippen molar-refractivity contribution in [1.29, 1.82) is 5.26 Å². The summed E-state index contributed by atoms with van der Waals surface area (Å²) in [6, 6.07) is 7.85. The van der Waals surface area contributed by atoms with Crippen LogP contribution >= 0.6 is 11.6 Å². The number of nitrogens with one attached hydrogen (secondary N) is 1. The first-order chi connectivity index (χ1) is 7.54. The zero-order valence-corrected chi connectivity index (χ0v) is 10.5. The second-order valence-corrected chi connectivity index (χ2v) is 4.41. The number of hydrogen-bond acceptors (Lipinski definition) is 3. The molecule has 0 heterocycles. The molecule has 0 radical (unpaired) electrons. The third-order valence-corrected chi connectivity index (χ3v) is 2.89. The quantitative estimate of drug-likeness (QED) is 0.875. The average molecular weight is 238 g/mol. The number of nitrogens with zero attached hydrogens (tertiary/aromatic N) is 2. The lowest BCUT2D eigenvalue weighted by Crippen LogP contribution is -2.31. The number of halogens is 1. The Labute approximate surface area is 102 Å². The highest BCUT2D eigenvalue weighted by atomic mass is 35.5. The van der Waals surface area contributed by atoms with E-state index in [2.05, 4.69) is 17.1 Å². The molecule has 0 bridgehead atoms. The maximum Gasteiger partial charge on any atom is 0.101 e. The largest absolute Gasteiger partial charge is 0.383 e. The zero-order valence-electron chi connectivity index (χ0n) is 9.79. The van der Waals surface area contributed by atoms with E-state index in [9.17, 15) is 0 Å². The van der Waals surface area contributed by atoms with Gasteiger partial charge in [-0.05, 0) is 39.2 Å². The monoisotopic (exact) mass is 237 g/mol. The minimum Gasteiger partial charge on any atom is -0.383 e. The Morgan fingerprint density at radius 2 is 2.19 bits per heavy atom. The van der Waals surface area contributed by atoms with Gasteiger partial charge in [0.15, 0.2) is 0 Å². The van der Waals surface area contributed by atoms with Crippen LogP contribution in [-0.2, 0) is 0 Å². The van der Waals surface area contributed by atoms with E-state index in [1.807, 2.05) is 26.2 Å². The van der Waals surface area contributed by atoms with Gasteiger partial charge in [-0.3, -0.25) is 0 Å². The van der Waals surface area contributed by atoms with Crippen molar-refractivity contribution in [2.45, 2.75) is 13.0 Å². The molecule has 0 saturated carbocycles. The van der Waals surface area contributed by atoms with Crippen molar-refractivity contribution in [2.75, 3.05) is 26.0 Å². The van der Waals surface area contributed by atoms with Crippen LogP contribution in [0.25, 0.3) is 0 Å². The fraction of sp³-hybridized carbons (Fsp3) is 0.417. The molecule has 0 aromatic heterocycles. The van der Waals surface area contributed by atoms with Gasteiger partial charge >= 0.3 is 0 Å². The molecule has 0 amide bonds. The summed E-state index contributed by atoms with van der Waals surface area (Å²) >= 11 is 5.93. The molecule has 0 spiro atoms. The fourth-order valence-electron chi connectivity index (χ4n) is 1.16. The third kappa shape index (κ3) is 3.41. The topological polar surface area (TPSA) is 39.1 Å². The molecular weight excluding hydrogens is 222 g/mol. The summed E-state index contributed by atoms with van der Waals surface area (Å²) in [4.78, 5) is 2.14. The van der Waals surface area contributed by atoms with E-state index in [4.69, 9.17) is 16.9 Å². The standard InChI is InChI=1S/C12H16ClN3/c1-9(16(2)3)8-15-11-5-4-10(7-14)12(13)6-11/h4-6,9,15H,8H2,1-3H3. The molecule has 86 valence electrons. The van der Waals surface area contributed by atoms with Gasteiger partial charge in [-0.1, -0.05) is 11.6 Å². The predicted octanol–water partition coefficient (Wildman–Crippen LogP) is 2.57. The molecule has 1 aromatic rings. The maximum absolute atomic E-state index is 8.74. The SMILES string of the molecule is CC(CNc1ccc(C#N)c(Cl)c1)N(C)C. The fourth-order valence-corrected chi connectivity index (χ4v) is 1.39. The van der Waals surface area contributed by atoms with Crippen molar-refractivity contribution in [1.82, 2.24) is 4.90 Å². The number of rotatable bonds is 4. The number of nitriles is 1. The highest BCUT2D eigenvalue weighted by Crippen LogP contribution is 2.20. The van der Waals surface area contributed by atoms with E-state index in [1.165, 1.54) is 0 Å². The lowest BCUT2D eigenvalue weighted by atomic mass is 10.2. The summed E-state index contributed by atoms with van der Waals surface area (Å²) in [7, 11) is 4.08. The Kier molecular flexibility index (Phi) is 4.60. The van der Waals surface area contributed by atoms with Crippen LogP contribution in [0.4, 0.5) is 5.69 Å². The van der Waals surface area contributed by atoms with E-state index in [-0.39, 0.29) is 0 Å². The Balaban J connectivity index is 2.63. The van der Waals surface area contributed by atoms with Gasteiger partial charge in [-0.2, -0.15) is 5.26 Å². The second-order valence-electron chi connectivity index (χ2n) is 4.00. The maximum atomic E-state index is 8.74. The number of likely N-dealkylation sites (N-methyl/N-ethyl adjacent to an activating group) is 1. The van der Waals surface area contributed by atoms with Crippen LogP contribution in [0, 0.1) is 11.3 Å². The van der Waals surface area contributed by atoms with Gasteiger partial charge in [0.25, 0.3) is 0 Å². The summed E-state index contributed by atoms with van der Waals surface area (Å²) in [5, 5.41) is 12.5. The Morgan fingerprint density at radius 1 is 1.50 bits per heavy atom. The van der Waals surface area contributed by atoms with Gasteiger partial charge in [0.2, 0.25) is 0 Å². The van der Waals surface area contributed by atoms with Crippen LogP contribution in [0.1, 0.15) is 12.5 Å². The smallest absolute Gasteiger partial charge is 0.101 e. The van der Waals surface area contributed by atoms with Crippen LogP contribution in [0.15, 0.2) is 18.2 Å². The number of benzene rings is 1. The van der Waals surface area contributed by atoms with Gasteiger partial charge in [0.1, 0.15) is 6.07 Å². The van der Waals surface area contributed by atoms with Gasteiger partial charge in [-0.25, -0.2) is 0 Å². The van der Waals surface area contributed by atoms with Crippen molar-refractivity contribution in [3.05, 3.63) is 28.8 Å². The Hall–Kier alpha value is -1.24. The molecule has 1 atom stereocenters. The number of hydrogen-bond donors (Lipinski definition) is 1. The van der Waals surface area contributed by atoms with Gasteiger partial charge in [0, 0.05) is 18.3 Å². The van der Waals surface area contributed by atoms with Crippen LogP contribution < -0.4 is 5.32 Å². The summed E-state index contributed by atoms with van der Waals surface area (Å²) in [6.45, 7) is 2.98. The molecule has 0 aliphatic heterocycles. The third-order valence-electron chi connectivity index (χ3n) is 2.57.